The molecule has 0 saturated carbocycles. The van der Waals surface area contributed by atoms with E-state index in [1.807, 2.05) is 6.07 Å². The minimum absolute atomic E-state index is 0.344. The molecule has 0 amide bonds. The number of ketones is 1. The summed E-state index contributed by atoms with van der Waals surface area (Å²) in [5.74, 6) is 0.344. The molecule has 2 rings (SSSR count). The van der Waals surface area contributed by atoms with E-state index in [1.165, 1.54) is 10.8 Å². The molecular formula is C13H18OSi. The van der Waals surface area contributed by atoms with E-state index >= 15 is 0 Å². The van der Waals surface area contributed by atoms with Crippen molar-refractivity contribution in [1.82, 2.24) is 0 Å². The van der Waals surface area contributed by atoms with E-state index in [2.05, 4.69) is 31.8 Å². The molecule has 0 N–H and O–H groups in total. The summed E-state index contributed by atoms with van der Waals surface area (Å²) in [6.07, 6.45) is 2.87. The fourth-order valence-electron chi connectivity index (χ4n) is 2.38. The van der Waals surface area contributed by atoms with Gasteiger partial charge >= 0.3 is 0 Å². The molecule has 1 aromatic rings. The van der Waals surface area contributed by atoms with Gasteiger partial charge in [-0.3, -0.25) is 4.79 Å². The van der Waals surface area contributed by atoms with Crippen molar-refractivity contribution in [3.63, 3.8) is 0 Å². The van der Waals surface area contributed by atoms with Crippen LogP contribution in [-0.4, -0.2) is 13.9 Å². The molecule has 0 atom stereocenters. The lowest BCUT2D eigenvalue weighted by molar-refractivity contribution is 0.0972. The van der Waals surface area contributed by atoms with E-state index in [-0.39, 0.29) is 0 Å². The molecule has 0 aliphatic heterocycles. The Morgan fingerprint density at radius 2 is 1.87 bits per heavy atom. The highest BCUT2D eigenvalue weighted by molar-refractivity contribution is 6.89. The topological polar surface area (TPSA) is 17.1 Å². The fraction of sp³-hybridized carbons (Fsp3) is 0.462. The lowest BCUT2D eigenvalue weighted by atomic mass is 9.91. The largest absolute Gasteiger partial charge is 0.294 e. The van der Waals surface area contributed by atoms with Crippen LogP contribution in [0.25, 0.3) is 0 Å². The number of carbonyl (C=O) groups is 1. The van der Waals surface area contributed by atoms with Crippen molar-refractivity contribution in [2.24, 2.45) is 0 Å². The molecule has 80 valence electrons. The van der Waals surface area contributed by atoms with Crippen molar-refractivity contribution in [2.45, 2.75) is 38.9 Å². The lowest BCUT2D eigenvalue weighted by Gasteiger charge is -2.25. The van der Waals surface area contributed by atoms with Crippen LogP contribution in [0.5, 0.6) is 0 Å². The molecule has 0 aromatic heterocycles. The van der Waals surface area contributed by atoms with Gasteiger partial charge in [-0.25, -0.2) is 0 Å². The van der Waals surface area contributed by atoms with Crippen LogP contribution >= 0.6 is 0 Å². The predicted octanol–water partition coefficient (Wildman–Crippen LogP) is 2.75. The summed E-state index contributed by atoms with van der Waals surface area (Å²) in [5, 5.41) is 1.48. The predicted molar refractivity (Wildman–Crippen MR) is 66.7 cm³/mol. The molecule has 2 heteroatoms. The molecule has 15 heavy (non-hydrogen) atoms. The number of carbonyl (C=O) groups excluding carboxylic acids is 1. The Morgan fingerprint density at radius 3 is 2.53 bits per heavy atom. The first-order valence-corrected chi connectivity index (χ1v) is 9.16. The Hall–Kier alpha value is -0.893. The van der Waals surface area contributed by atoms with E-state index in [4.69, 9.17) is 0 Å². The molecule has 1 aromatic carbocycles. The summed E-state index contributed by atoms with van der Waals surface area (Å²) in [6, 6.07) is 6.28. The molecule has 0 fully saturated rings. The highest BCUT2D eigenvalue weighted by atomic mass is 28.3. The van der Waals surface area contributed by atoms with Crippen LogP contribution < -0.4 is 5.19 Å². The third-order valence-electron chi connectivity index (χ3n) is 3.12. The zero-order valence-electron chi connectivity index (χ0n) is 9.76. The molecule has 0 spiro atoms. The van der Waals surface area contributed by atoms with Crippen LogP contribution in [0.2, 0.25) is 19.6 Å². The number of Topliss-reactive ketones (excluding diaryl/α,β-unsaturated/α-hetero) is 1. The first-order valence-electron chi connectivity index (χ1n) is 5.66. The Kier molecular flexibility index (Phi) is 2.55. The number of rotatable bonds is 1. The second kappa shape index (κ2) is 3.60. The fourth-order valence-corrected chi connectivity index (χ4v) is 4.14. The summed E-state index contributed by atoms with van der Waals surface area (Å²) in [4.78, 5) is 11.8. The van der Waals surface area contributed by atoms with Crippen molar-refractivity contribution in [2.75, 3.05) is 0 Å². The zero-order valence-corrected chi connectivity index (χ0v) is 10.8. The number of fused-ring (bicyclic) bond motifs is 1. The molecule has 0 saturated heterocycles. The normalized spacial score (nSPS) is 16.3. The number of hydrogen-bond donors (Lipinski definition) is 0. The Morgan fingerprint density at radius 1 is 1.13 bits per heavy atom. The Bertz CT molecular complexity index is 401. The molecule has 1 aliphatic rings. The standard InChI is InChI=1S/C13H18OSi/c1-15(2,3)13-9-5-6-10-11(13)7-4-8-12(10)14/h5-6,9H,4,7-8H2,1-3H3. The van der Waals surface area contributed by atoms with Crippen LogP contribution in [0.15, 0.2) is 18.2 Å². The first kappa shape index (κ1) is 10.6. The number of hydrogen-bond acceptors (Lipinski definition) is 1. The average Bonchev–Trinajstić information content (AvgIpc) is 2.16. The van der Waals surface area contributed by atoms with Crippen molar-refractivity contribution >= 4 is 19.0 Å². The third kappa shape index (κ3) is 1.91. The minimum Gasteiger partial charge on any atom is -0.294 e. The van der Waals surface area contributed by atoms with Crippen LogP contribution in [0.1, 0.15) is 28.8 Å². The van der Waals surface area contributed by atoms with Gasteiger partial charge in [0.05, 0.1) is 8.07 Å². The SMILES string of the molecule is C[Si](C)(C)c1cccc2c1CCCC2=O. The van der Waals surface area contributed by atoms with Gasteiger partial charge in [0.1, 0.15) is 0 Å². The van der Waals surface area contributed by atoms with E-state index in [0.29, 0.717) is 5.78 Å². The van der Waals surface area contributed by atoms with E-state index < -0.39 is 8.07 Å². The minimum atomic E-state index is -1.29. The van der Waals surface area contributed by atoms with Crippen LogP contribution in [0, 0.1) is 0 Å². The van der Waals surface area contributed by atoms with E-state index in [0.717, 1.165) is 24.8 Å². The van der Waals surface area contributed by atoms with E-state index in [9.17, 15) is 4.79 Å². The first-order chi connectivity index (χ1) is 7.00. The molecule has 0 radical (unpaired) electrons. The van der Waals surface area contributed by atoms with Crippen molar-refractivity contribution in [1.29, 1.82) is 0 Å². The Balaban J connectivity index is 2.59. The molecule has 1 nitrogen and oxygen atoms in total. The third-order valence-corrected chi connectivity index (χ3v) is 5.20. The van der Waals surface area contributed by atoms with Gasteiger partial charge in [0.15, 0.2) is 5.78 Å². The van der Waals surface area contributed by atoms with Gasteiger partial charge in [-0.2, -0.15) is 0 Å². The maximum Gasteiger partial charge on any atom is 0.163 e. The van der Waals surface area contributed by atoms with Gasteiger partial charge in [-0.05, 0) is 18.4 Å². The molecule has 0 heterocycles. The van der Waals surface area contributed by atoms with Gasteiger partial charge in [0.2, 0.25) is 0 Å². The van der Waals surface area contributed by atoms with Crippen molar-refractivity contribution < 1.29 is 4.79 Å². The van der Waals surface area contributed by atoms with Crippen LogP contribution in [0.4, 0.5) is 0 Å². The molecular weight excluding hydrogens is 200 g/mol. The maximum atomic E-state index is 11.8. The maximum absolute atomic E-state index is 11.8. The summed E-state index contributed by atoms with van der Waals surface area (Å²) in [6.45, 7) is 7.05. The van der Waals surface area contributed by atoms with Gasteiger partial charge < -0.3 is 0 Å². The van der Waals surface area contributed by atoms with Gasteiger partial charge in [-0.1, -0.05) is 43.0 Å². The summed E-state index contributed by atoms with van der Waals surface area (Å²) in [5.41, 5.74) is 2.36. The van der Waals surface area contributed by atoms with Gasteiger partial charge in [0, 0.05) is 12.0 Å². The molecule has 0 bridgehead atoms. The monoisotopic (exact) mass is 218 g/mol. The summed E-state index contributed by atoms with van der Waals surface area (Å²) < 4.78 is 0. The second-order valence-electron chi connectivity index (χ2n) is 5.36. The van der Waals surface area contributed by atoms with Crippen molar-refractivity contribution in [3.05, 3.63) is 29.3 Å². The smallest absolute Gasteiger partial charge is 0.163 e. The molecule has 0 unspecified atom stereocenters. The number of benzene rings is 1. The average molecular weight is 218 g/mol. The van der Waals surface area contributed by atoms with E-state index in [1.54, 1.807) is 0 Å². The quantitative estimate of drug-likeness (QED) is 0.662. The second-order valence-corrected chi connectivity index (χ2v) is 10.4. The van der Waals surface area contributed by atoms with Gasteiger partial charge in [-0.15, -0.1) is 0 Å². The van der Waals surface area contributed by atoms with Crippen LogP contribution in [0.3, 0.4) is 0 Å². The van der Waals surface area contributed by atoms with Crippen molar-refractivity contribution in [3.8, 4) is 0 Å². The summed E-state index contributed by atoms with van der Waals surface area (Å²) in [7, 11) is -1.29. The van der Waals surface area contributed by atoms with Gasteiger partial charge in [0.25, 0.3) is 0 Å². The lowest BCUT2D eigenvalue weighted by Crippen LogP contribution is -2.41. The summed E-state index contributed by atoms with van der Waals surface area (Å²) >= 11 is 0. The zero-order chi connectivity index (χ0) is 11.1. The Labute approximate surface area is 92.5 Å². The van der Waals surface area contributed by atoms with Crippen LogP contribution in [-0.2, 0) is 6.42 Å². The molecule has 1 aliphatic carbocycles. The highest BCUT2D eigenvalue weighted by Crippen LogP contribution is 2.21. The highest BCUT2D eigenvalue weighted by Gasteiger charge is 2.25.